The summed E-state index contributed by atoms with van der Waals surface area (Å²) in [6.45, 7) is 3.73. The molecule has 5 nitrogen and oxygen atoms in total. The summed E-state index contributed by atoms with van der Waals surface area (Å²) in [7, 11) is 2.93. The van der Waals surface area contributed by atoms with Gasteiger partial charge in [-0.3, -0.25) is 9.59 Å². The van der Waals surface area contributed by atoms with Crippen LogP contribution in [0.2, 0.25) is 0 Å². The van der Waals surface area contributed by atoms with Gasteiger partial charge in [-0.05, 0) is 38.1 Å². The summed E-state index contributed by atoms with van der Waals surface area (Å²) in [6.07, 6.45) is 0. The first-order valence-electron chi connectivity index (χ1n) is 6.61. The van der Waals surface area contributed by atoms with Crippen LogP contribution in [-0.4, -0.2) is 49.3 Å². The van der Waals surface area contributed by atoms with Crippen LogP contribution in [0.15, 0.2) is 29.2 Å². The molecule has 0 N–H and O–H groups in total. The van der Waals surface area contributed by atoms with Crippen molar-refractivity contribution >= 4 is 23.6 Å². The van der Waals surface area contributed by atoms with Crippen LogP contribution in [0.3, 0.4) is 0 Å². The predicted octanol–water partition coefficient (Wildman–Crippen LogP) is 2.20. The first kappa shape index (κ1) is 17.4. The van der Waals surface area contributed by atoms with E-state index in [0.29, 0.717) is 0 Å². The Hall–Kier alpha value is -1.69. The molecule has 0 aromatic heterocycles. The molecule has 0 aliphatic rings. The lowest BCUT2D eigenvalue weighted by atomic mass is 10.3. The highest BCUT2D eigenvalue weighted by Crippen LogP contribution is 2.21. The highest BCUT2D eigenvalue weighted by atomic mass is 32.2. The number of amides is 1. The molecule has 0 atom stereocenters. The summed E-state index contributed by atoms with van der Waals surface area (Å²) in [5, 5.41) is 0. The smallest absolute Gasteiger partial charge is 0.325 e. The number of benzene rings is 1. The highest BCUT2D eigenvalue weighted by Gasteiger charge is 2.20. The lowest BCUT2D eigenvalue weighted by Gasteiger charge is -2.25. The summed E-state index contributed by atoms with van der Waals surface area (Å²) in [4.78, 5) is 26.0. The summed E-state index contributed by atoms with van der Waals surface area (Å²) < 4.78 is 9.70. The Bertz CT molecular complexity index is 473. The highest BCUT2D eigenvalue weighted by molar-refractivity contribution is 8.00. The van der Waals surface area contributed by atoms with E-state index in [1.165, 1.54) is 23.8 Å². The van der Waals surface area contributed by atoms with Crippen molar-refractivity contribution in [3.05, 3.63) is 24.3 Å². The Morgan fingerprint density at radius 3 is 2.29 bits per heavy atom. The van der Waals surface area contributed by atoms with Gasteiger partial charge < -0.3 is 14.4 Å². The van der Waals surface area contributed by atoms with Gasteiger partial charge in [0.1, 0.15) is 12.3 Å². The molecule has 1 rings (SSSR count). The molecule has 1 aromatic rings. The van der Waals surface area contributed by atoms with Gasteiger partial charge in [0.2, 0.25) is 5.91 Å². The molecular formula is C15H21NO4S. The fraction of sp³-hybridized carbons (Fsp3) is 0.467. The minimum atomic E-state index is -0.411. The minimum Gasteiger partial charge on any atom is -0.497 e. The zero-order valence-electron chi connectivity index (χ0n) is 12.8. The van der Waals surface area contributed by atoms with Gasteiger partial charge in [-0.1, -0.05) is 0 Å². The van der Waals surface area contributed by atoms with Gasteiger partial charge in [0.15, 0.2) is 0 Å². The number of methoxy groups -OCH3 is 2. The Balaban J connectivity index is 2.58. The quantitative estimate of drug-likeness (QED) is 0.571. The fourth-order valence-corrected chi connectivity index (χ4v) is 2.45. The molecule has 1 amide bonds. The lowest BCUT2D eigenvalue weighted by molar-refractivity contribution is -0.147. The van der Waals surface area contributed by atoms with Gasteiger partial charge in [-0.25, -0.2) is 0 Å². The summed E-state index contributed by atoms with van der Waals surface area (Å²) in [5.74, 6) is 0.560. The number of esters is 1. The van der Waals surface area contributed by atoms with Crippen LogP contribution in [0.25, 0.3) is 0 Å². The second-order valence-electron chi connectivity index (χ2n) is 4.66. The molecule has 6 heteroatoms. The first-order valence-corrected chi connectivity index (χ1v) is 7.59. The summed E-state index contributed by atoms with van der Waals surface area (Å²) >= 11 is 1.43. The topological polar surface area (TPSA) is 55.8 Å². The largest absolute Gasteiger partial charge is 0.497 e. The Labute approximate surface area is 129 Å². The van der Waals surface area contributed by atoms with E-state index in [0.717, 1.165) is 10.6 Å². The molecule has 0 saturated heterocycles. The second kappa shape index (κ2) is 8.56. The van der Waals surface area contributed by atoms with E-state index >= 15 is 0 Å². The number of thioether (sulfide) groups is 1. The van der Waals surface area contributed by atoms with Gasteiger partial charge in [0.05, 0.1) is 20.0 Å². The third-order valence-corrected chi connectivity index (χ3v) is 3.89. The lowest BCUT2D eigenvalue weighted by Crippen LogP contribution is -2.42. The molecule has 0 aliphatic carbocycles. The van der Waals surface area contributed by atoms with E-state index in [-0.39, 0.29) is 24.2 Å². The normalized spacial score (nSPS) is 10.3. The maximum absolute atomic E-state index is 12.2. The fourth-order valence-electron chi connectivity index (χ4n) is 1.66. The van der Waals surface area contributed by atoms with Gasteiger partial charge in [0.25, 0.3) is 0 Å². The number of ether oxygens (including phenoxy) is 2. The minimum absolute atomic E-state index is 0.0177. The van der Waals surface area contributed by atoms with E-state index in [9.17, 15) is 9.59 Å². The van der Waals surface area contributed by atoms with Crippen LogP contribution >= 0.6 is 11.8 Å². The predicted molar refractivity (Wildman–Crippen MR) is 82.6 cm³/mol. The van der Waals surface area contributed by atoms with E-state index in [1.54, 1.807) is 7.11 Å². The Morgan fingerprint density at radius 2 is 1.81 bits per heavy atom. The van der Waals surface area contributed by atoms with Crippen LogP contribution in [0.4, 0.5) is 0 Å². The number of carbonyl (C=O) groups is 2. The van der Waals surface area contributed by atoms with Gasteiger partial charge in [-0.15, -0.1) is 11.8 Å². The van der Waals surface area contributed by atoms with Crippen molar-refractivity contribution in [1.29, 1.82) is 0 Å². The number of hydrogen-bond donors (Lipinski definition) is 0. The van der Waals surface area contributed by atoms with Crippen molar-refractivity contribution in [2.45, 2.75) is 24.8 Å². The first-order chi connectivity index (χ1) is 9.97. The van der Waals surface area contributed by atoms with Gasteiger partial charge in [-0.2, -0.15) is 0 Å². The van der Waals surface area contributed by atoms with E-state index in [2.05, 4.69) is 4.74 Å². The van der Waals surface area contributed by atoms with Crippen molar-refractivity contribution < 1.29 is 19.1 Å². The SMILES string of the molecule is COC(=O)CN(C(=O)CSc1ccc(OC)cc1)C(C)C. The molecule has 0 fully saturated rings. The number of rotatable bonds is 7. The van der Waals surface area contributed by atoms with E-state index in [1.807, 2.05) is 38.1 Å². The van der Waals surface area contributed by atoms with Crippen LogP contribution in [-0.2, 0) is 14.3 Å². The van der Waals surface area contributed by atoms with Crippen LogP contribution < -0.4 is 4.74 Å². The zero-order valence-corrected chi connectivity index (χ0v) is 13.6. The van der Waals surface area contributed by atoms with Crippen molar-refractivity contribution in [2.75, 3.05) is 26.5 Å². The third-order valence-electron chi connectivity index (χ3n) is 2.89. The molecule has 0 heterocycles. The van der Waals surface area contributed by atoms with Crippen molar-refractivity contribution in [2.24, 2.45) is 0 Å². The van der Waals surface area contributed by atoms with Crippen LogP contribution in [0.1, 0.15) is 13.8 Å². The number of nitrogens with zero attached hydrogens (tertiary/aromatic N) is 1. The second-order valence-corrected chi connectivity index (χ2v) is 5.70. The maximum atomic E-state index is 12.2. The molecule has 0 unspecified atom stereocenters. The number of carbonyl (C=O) groups excluding carboxylic acids is 2. The summed E-state index contributed by atoms with van der Waals surface area (Å²) in [5.41, 5.74) is 0. The average Bonchev–Trinajstić information content (AvgIpc) is 2.50. The van der Waals surface area contributed by atoms with Gasteiger partial charge in [0, 0.05) is 10.9 Å². The molecule has 116 valence electrons. The zero-order chi connectivity index (χ0) is 15.8. The molecule has 0 radical (unpaired) electrons. The standard InChI is InChI=1S/C15H21NO4S/c1-11(2)16(9-15(18)20-4)14(17)10-21-13-7-5-12(19-3)6-8-13/h5-8,11H,9-10H2,1-4H3. The van der Waals surface area contributed by atoms with Crippen LogP contribution in [0, 0.1) is 0 Å². The molecular weight excluding hydrogens is 290 g/mol. The number of hydrogen-bond acceptors (Lipinski definition) is 5. The maximum Gasteiger partial charge on any atom is 0.325 e. The van der Waals surface area contributed by atoms with Crippen molar-refractivity contribution in [3.63, 3.8) is 0 Å². The molecule has 0 aliphatic heterocycles. The Morgan fingerprint density at radius 1 is 1.19 bits per heavy atom. The molecule has 0 bridgehead atoms. The summed E-state index contributed by atoms with van der Waals surface area (Å²) in [6, 6.07) is 7.45. The van der Waals surface area contributed by atoms with Crippen molar-refractivity contribution in [1.82, 2.24) is 4.90 Å². The average molecular weight is 311 g/mol. The molecule has 1 aromatic carbocycles. The molecule has 0 saturated carbocycles. The van der Waals surface area contributed by atoms with Crippen molar-refractivity contribution in [3.8, 4) is 5.75 Å². The molecule has 0 spiro atoms. The Kier molecular flexibility index (Phi) is 7.08. The van der Waals surface area contributed by atoms with E-state index < -0.39 is 5.97 Å². The monoisotopic (exact) mass is 311 g/mol. The third kappa shape index (κ3) is 5.67. The molecule has 21 heavy (non-hydrogen) atoms. The van der Waals surface area contributed by atoms with Gasteiger partial charge >= 0.3 is 5.97 Å². The van der Waals surface area contributed by atoms with Crippen LogP contribution in [0.5, 0.6) is 5.75 Å². The van der Waals surface area contributed by atoms with E-state index in [4.69, 9.17) is 4.74 Å².